The van der Waals surface area contributed by atoms with Gasteiger partial charge in [-0.1, -0.05) is 0 Å². The number of hydrogen-bond donors (Lipinski definition) is 1. The smallest absolute Gasteiger partial charge is 0.175 e. The van der Waals surface area contributed by atoms with Gasteiger partial charge in [0.05, 0.1) is 11.5 Å². The molecule has 5 heteroatoms. The van der Waals surface area contributed by atoms with Crippen LogP contribution in [-0.2, 0) is 9.84 Å². The largest absolute Gasteiger partial charge is 0.494 e. The van der Waals surface area contributed by atoms with Gasteiger partial charge in [0.15, 0.2) is 9.84 Å². The Balaban J connectivity index is 1.71. The summed E-state index contributed by atoms with van der Waals surface area (Å²) >= 11 is 0. The van der Waals surface area contributed by atoms with Crippen molar-refractivity contribution in [2.75, 3.05) is 26.0 Å². The predicted octanol–water partition coefficient (Wildman–Crippen LogP) is 2.25. The third-order valence-electron chi connectivity index (χ3n) is 3.74. The van der Waals surface area contributed by atoms with Crippen molar-refractivity contribution in [3.05, 3.63) is 24.3 Å². The Morgan fingerprint density at radius 1 is 1.20 bits per heavy atom. The van der Waals surface area contributed by atoms with E-state index in [9.17, 15) is 8.42 Å². The van der Waals surface area contributed by atoms with E-state index >= 15 is 0 Å². The summed E-state index contributed by atoms with van der Waals surface area (Å²) in [6.45, 7) is 2.97. The second-order valence-electron chi connectivity index (χ2n) is 5.43. The number of benzene rings is 1. The zero-order chi connectivity index (χ0) is 14.4. The summed E-state index contributed by atoms with van der Waals surface area (Å²) in [4.78, 5) is 0.333. The highest BCUT2D eigenvalue weighted by Crippen LogP contribution is 2.19. The maximum atomic E-state index is 11.3. The lowest BCUT2D eigenvalue weighted by molar-refractivity contribution is 0.273. The molecule has 2 rings (SSSR count). The molecule has 0 atom stereocenters. The van der Waals surface area contributed by atoms with Crippen molar-refractivity contribution in [3.8, 4) is 5.75 Å². The van der Waals surface area contributed by atoms with E-state index in [1.54, 1.807) is 24.3 Å². The summed E-state index contributed by atoms with van der Waals surface area (Å²) in [7, 11) is -3.12. The van der Waals surface area contributed by atoms with Crippen LogP contribution < -0.4 is 10.1 Å². The number of rotatable bonds is 6. The summed E-state index contributed by atoms with van der Waals surface area (Å²) in [5, 5.41) is 3.37. The van der Waals surface area contributed by atoms with Crippen molar-refractivity contribution in [1.29, 1.82) is 0 Å². The molecule has 1 aliphatic heterocycles. The third-order valence-corrected chi connectivity index (χ3v) is 4.86. The summed E-state index contributed by atoms with van der Waals surface area (Å²) in [5.41, 5.74) is 0. The van der Waals surface area contributed by atoms with E-state index in [4.69, 9.17) is 4.74 Å². The van der Waals surface area contributed by atoms with Crippen LogP contribution in [0.5, 0.6) is 5.75 Å². The molecule has 1 saturated heterocycles. The van der Waals surface area contributed by atoms with Gasteiger partial charge in [0.1, 0.15) is 5.75 Å². The lowest BCUT2D eigenvalue weighted by atomic mass is 9.93. The molecule has 0 radical (unpaired) electrons. The average molecular weight is 297 g/mol. The van der Waals surface area contributed by atoms with E-state index in [-0.39, 0.29) is 0 Å². The van der Waals surface area contributed by atoms with E-state index in [1.165, 1.54) is 25.5 Å². The molecule has 0 aliphatic carbocycles. The molecule has 112 valence electrons. The van der Waals surface area contributed by atoms with Crippen LogP contribution >= 0.6 is 0 Å². The summed E-state index contributed by atoms with van der Waals surface area (Å²) in [6, 6.07) is 6.64. The Bertz CT molecular complexity index is 504. The maximum absolute atomic E-state index is 11.3. The third kappa shape index (κ3) is 4.80. The summed E-state index contributed by atoms with van der Waals surface area (Å²) in [6.07, 6.45) is 6.01. The molecule has 1 heterocycles. The highest BCUT2D eigenvalue weighted by atomic mass is 32.2. The minimum Gasteiger partial charge on any atom is -0.494 e. The van der Waals surface area contributed by atoms with Crippen LogP contribution in [0.1, 0.15) is 25.7 Å². The normalized spacial score (nSPS) is 17.1. The average Bonchev–Trinajstić information content (AvgIpc) is 2.44. The van der Waals surface area contributed by atoms with E-state index in [1.807, 2.05) is 0 Å². The number of sulfone groups is 1. The van der Waals surface area contributed by atoms with Crippen LogP contribution in [0.4, 0.5) is 0 Å². The number of nitrogens with one attached hydrogen (secondary N) is 1. The number of hydrogen-bond acceptors (Lipinski definition) is 4. The van der Waals surface area contributed by atoms with Crippen LogP contribution in [0.2, 0.25) is 0 Å². The molecule has 1 aromatic rings. The Morgan fingerprint density at radius 3 is 2.45 bits per heavy atom. The molecule has 0 amide bonds. The first-order valence-electron chi connectivity index (χ1n) is 7.19. The first kappa shape index (κ1) is 15.3. The van der Waals surface area contributed by atoms with Crippen LogP contribution in [0, 0.1) is 5.92 Å². The van der Waals surface area contributed by atoms with Crippen molar-refractivity contribution in [2.24, 2.45) is 5.92 Å². The van der Waals surface area contributed by atoms with Gasteiger partial charge in [-0.3, -0.25) is 0 Å². The van der Waals surface area contributed by atoms with E-state index in [2.05, 4.69) is 5.32 Å². The number of piperidine rings is 1. The van der Waals surface area contributed by atoms with Gasteiger partial charge in [-0.05, 0) is 69.0 Å². The van der Waals surface area contributed by atoms with Crippen molar-refractivity contribution in [1.82, 2.24) is 5.32 Å². The quantitative estimate of drug-likeness (QED) is 0.818. The zero-order valence-electron chi connectivity index (χ0n) is 12.0. The topological polar surface area (TPSA) is 55.4 Å². The molecular weight excluding hydrogens is 274 g/mol. The van der Waals surface area contributed by atoms with E-state index in [0.717, 1.165) is 31.2 Å². The standard InChI is InChI=1S/C15H23NO3S/c1-20(17,18)15-6-4-14(5-7-15)19-12-2-3-13-8-10-16-11-9-13/h4-7,13,16H,2-3,8-12H2,1H3. The van der Waals surface area contributed by atoms with Crippen LogP contribution in [0.3, 0.4) is 0 Å². The highest BCUT2D eigenvalue weighted by Gasteiger charge is 2.12. The minimum absolute atomic E-state index is 0.333. The van der Waals surface area contributed by atoms with Gasteiger partial charge in [0.2, 0.25) is 0 Å². The Kier molecular flexibility index (Phi) is 5.43. The highest BCUT2D eigenvalue weighted by molar-refractivity contribution is 7.90. The molecule has 0 spiro atoms. The second-order valence-corrected chi connectivity index (χ2v) is 7.44. The molecule has 20 heavy (non-hydrogen) atoms. The fourth-order valence-corrected chi connectivity index (χ4v) is 3.15. The monoisotopic (exact) mass is 297 g/mol. The van der Waals surface area contributed by atoms with Gasteiger partial charge in [0, 0.05) is 6.26 Å². The molecule has 1 aromatic carbocycles. The SMILES string of the molecule is CS(=O)(=O)c1ccc(OCCCC2CCNCC2)cc1. The van der Waals surface area contributed by atoms with Gasteiger partial charge >= 0.3 is 0 Å². The molecule has 0 bridgehead atoms. The van der Waals surface area contributed by atoms with Gasteiger partial charge < -0.3 is 10.1 Å². The van der Waals surface area contributed by atoms with Crippen LogP contribution in [-0.4, -0.2) is 34.4 Å². The second kappa shape index (κ2) is 7.09. The fraction of sp³-hybridized carbons (Fsp3) is 0.600. The molecule has 0 unspecified atom stereocenters. The van der Waals surface area contributed by atoms with Gasteiger partial charge in [-0.25, -0.2) is 8.42 Å². The molecule has 1 fully saturated rings. The summed E-state index contributed by atoms with van der Waals surface area (Å²) in [5.74, 6) is 1.56. The molecule has 0 saturated carbocycles. The first-order valence-corrected chi connectivity index (χ1v) is 9.08. The number of ether oxygens (including phenoxy) is 1. The van der Waals surface area contributed by atoms with Gasteiger partial charge in [-0.15, -0.1) is 0 Å². The Hall–Kier alpha value is -1.07. The predicted molar refractivity (Wildman–Crippen MR) is 79.9 cm³/mol. The maximum Gasteiger partial charge on any atom is 0.175 e. The zero-order valence-corrected chi connectivity index (χ0v) is 12.8. The van der Waals surface area contributed by atoms with Crippen LogP contribution in [0.15, 0.2) is 29.2 Å². The minimum atomic E-state index is -3.12. The summed E-state index contributed by atoms with van der Waals surface area (Å²) < 4.78 is 28.3. The molecule has 1 aliphatic rings. The van der Waals surface area contributed by atoms with Gasteiger partial charge in [-0.2, -0.15) is 0 Å². The van der Waals surface area contributed by atoms with Crippen LogP contribution in [0.25, 0.3) is 0 Å². The Labute approximate surface area is 121 Å². The van der Waals surface area contributed by atoms with E-state index < -0.39 is 9.84 Å². The van der Waals surface area contributed by atoms with Crippen molar-refractivity contribution in [2.45, 2.75) is 30.6 Å². The fourth-order valence-electron chi connectivity index (χ4n) is 2.52. The molecular formula is C15H23NO3S. The van der Waals surface area contributed by atoms with Gasteiger partial charge in [0.25, 0.3) is 0 Å². The molecule has 4 nitrogen and oxygen atoms in total. The Morgan fingerprint density at radius 2 is 1.85 bits per heavy atom. The van der Waals surface area contributed by atoms with E-state index in [0.29, 0.717) is 11.5 Å². The van der Waals surface area contributed by atoms with Crippen molar-refractivity contribution >= 4 is 9.84 Å². The molecule has 1 N–H and O–H groups in total. The van der Waals surface area contributed by atoms with Crippen molar-refractivity contribution < 1.29 is 13.2 Å². The lowest BCUT2D eigenvalue weighted by Gasteiger charge is -2.22. The van der Waals surface area contributed by atoms with Crippen molar-refractivity contribution in [3.63, 3.8) is 0 Å². The lowest BCUT2D eigenvalue weighted by Crippen LogP contribution is -2.27. The molecule has 0 aromatic heterocycles. The first-order chi connectivity index (χ1) is 9.55.